The molecule has 102 valence electrons. The predicted molar refractivity (Wildman–Crippen MR) is 82.8 cm³/mol. The van der Waals surface area contributed by atoms with Crippen molar-refractivity contribution >= 4 is 45.8 Å². The third kappa shape index (κ3) is 2.87. The minimum atomic E-state index is 0.516. The Morgan fingerprint density at radius 3 is 3.00 bits per heavy atom. The lowest BCUT2D eigenvalue weighted by molar-refractivity contribution is 0.415. The second-order valence-electron chi connectivity index (χ2n) is 3.99. The third-order valence-corrected chi connectivity index (χ3v) is 4.92. The number of methoxy groups -OCH3 is 1. The van der Waals surface area contributed by atoms with Crippen LogP contribution in [-0.2, 0) is 5.75 Å². The highest BCUT2D eigenvalue weighted by Gasteiger charge is 2.08. The van der Waals surface area contributed by atoms with E-state index in [1.54, 1.807) is 25.2 Å². The predicted octanol–water partition coefficient (Wildman–Crippen LogP) is 4.04. The first-order valence-corrected chi connectivity index (χ1v) is 7.92. The van der Waals surface area contributed by atoms with Gasteiger partial charge < -0.3 is 4.74 Å². The summed E-state index contributed by atoms with van der Waals surface area (Å²) in [4.78, 5) is 8.56. The van der Waals surface area contributed by atoms with Gasteiger partial charge in [-0.2, -0.15) is 4.37 Å². The number of halogens is 1. The van der Waals surface area contributed by atoms with Gasteiger partial charge in [0.25, 0.3) is 0 Å². The molecule has 3 rings (SSSR count). The first-order chi connectivity index (χ1) is 9.76. The van der Waals surface area contributed by atoms with E-state index in [4.69, 9.17) is 16.3 Å². The van der Waals surface area contributed by atoms with Crippen LogP contribution in [0.2, 0.25) is 5.15 Å². The van der Waals surface area contributed by atoms with Gasteiger partial charge in [0.1, 0.15) is 17.2 Å². The second kappa shape index (κ2) is 5.95. The van der Waals surface area contributed by atoms with E-state index in [1.807, 2.05) is 18.2 Å². The molecule has 0 aliphatic rings. The number of hydrogen-bond acceptors (Lipinski definition) is 6. The monoisotopic (exact) mass is 323 g/mol. The van der Waals surface area contributed by atoms with Gasteiger partial charge in [-0.05, 0) is 29.7 Å². The van der Waals surface area contributed by atoms with E-state index < -0.39 is 0 Å². The maximum absolute atomic E-state index is 6.24. The summed E-state index contributed by atoms with van der Waals surface area (Å²) in [5.74, 6) is 1.50. The Hall–Kier alpha value is -1.37. The molecule has 4 nitrogen and oxygen atoms in total. The summed E-state index contributed by atoms with van der Waals surface area (Å²) >= 11 is 9.23. The molecule has 0 aliphatic heterocycles. The summed E-state index contributed by atoms with van der Waals surface area (Å²) in [7, 11) is 1.63. The van der Waals surface area contributed by atoms with Crippen LogP contribution in [0.3, 0.4) is 0 Å². The van der Waals surface area contributed by atoms with Gasteiger partial charge in [-0.15, -0.1) is 0 Å². The Labute approximate surface area is 129 Å². The molecular formula is C13H10ClN3OS2. The lowest BCUT2D eigenvalue weighted by Crippen LogP contribution is -1.90. The van der Waals surface area contributed by atoms with E-state index in [-0.39, 0.29) is 0 Å². The largest absolute Gasteiger partial charge is 0.497 e. The highest BCUT2D eigenvalue weighted by molar-refractivity contribution is 8.00. The molecule has 0 fully saturated rings. The average Bonchev–Trinajstić information content (AvgIpc) is 2.97. The minimum absolute atomic E-state index is 0.516. The van der Waals surface area contributed by atoms with Crippen molar-refractivity contribution in [3.8, 4) is 5.75 Å². The molecule has 1 aromatic carbocycles. The van der Waals surface area contributed by atoms with Crippen molar-refractivity contribution in [1.82, 2.24) is 14.3 Å². The minimum Gasteiger partial charge on any atom is -0.497 e. The molecule has 3 aromatic rings. The summed E-state index contributed by atoms with van der Waals surface area (Å²) in [6.45, 7) is 0. The zero-order chi connectivity index (χ0) is 13.9. The summed E-state index contributed by atoms with van der Waals surface area (Å²) < 4.78 is 10.1. The van der Waals surface area contributed by atoms with E-state index in [2.05, 4.69) is 20.4 Å². The molecule has 0 amide bonds. The molecule has 2 heterocycles. The Balaban J connectivity index is 1.89. The lowest BCUT2D eigenvalue weighted by atomic mass is 10.1. The molecule has 0 bridgehead atoms. The molecule has 0 radical (unpaired) electrons. The quantitative estimate of drug-likeness (QED) is 0.535. The van der Waals surface area contributed by atoms with Gasteiger partial charge in [0.2, 0.25) is 0 Å². The van der Waals surface area contributed by atoms with Crippen LogP contribution in [0.5, 0.6) is 5.75 Å². The van der Waals surface area contributed by atoms with Crippen LogP contribution in [0.1, 0.15) is 5.56 Å². The van der Waals surface area contributed by atoms with E-state index in [0.717, 1.165) is 32.3 Å². The Bertz CT molecular complexity index is 734. The SMILES string of the molecule is COc1ccc2cc(CSc3ncns3)c(Cl)nc2c1. The van der Waals surface area contributed by atoms with Gasteiger partial charge in [-0.3, -0.25) is 0 Å². The number of ether oxygens (including phenoxy) is 1. The first kappa shape index (κ1) is 13.6. The molecule has 2 aromatic heterocycles. The van der Waals surface area contributed by atoms with E-state index in [0.29, 0.717) is 5.15 Å². The van der Waals surface area contributed by atoms with Crippen molar-refractivity contribution in [3.63, 3.8) is 0 Å². The Morgan fingerprint density at radius 2 is 2.25 bits per heavy atom. The Kier molecular flexibility index (Phi) is 4.05. The molecule has 7 heteroatoms. The average molecular weight is 324 g/mol. The summed E-state index contributed by atoms with van der Waals surface area (Å²) in [5.41, 5.74) is 1.82. The zero-order valence-electron chi connectivity index (χ0n) is 10.5. The van der Waals surface area contributed by atoms with Gasteiger partial charge in [-0.25, -0.2) is 9.97 Å². The fraction of sp³-hybridized carbons (Fsp3) is 0.154. The van der Waals surface area contributed by atoms with Crippen LogP contribution in [0.25, 0.3) is 10.9 Å². The van der Waals surface area contributed by atoms with Gasteiger partial charge in [0.05, 0.1) is 12.6 Å². The summed E-state index contributed by atoms with van der Waals surface area (Å²) in [6.07, 6.45) is 1.56. The number of fused-ring (bicyclic) bond motifs is 1. The molecule has 0 saturated carbocycles. The first-order valence-electron chi connectivity index (χ1n) is 5.79. The number of pyridine rings is 1. The molecule has 0 spiro atoms. The number of rotatable bonds is 4. The van der Waals surface area contributed by atoms with Crippen molar-refractivity contribution in [2.24, 2.45) is 0 Å². The highest BCUT2D eigenvalue weighted by atomic mass is 35.5. The Morgan fingerprint density at radius 1 is 1.35 bits per heavy atom. The lowest BCUT2D eigenvalue weighted by Gasteiger charge is -2.06. The van der Waals surface area contributed by atoms with Crippen LogP contribution in [0, 0.1) is 0 Å². The molecule has 0 aliphatic carbocycles. The maximum Gasteiger partial charge on any atom is 0.170 e. The summed E-state index contributed by atoms with van der Waals surface area (Å²) in [6, 6.07) is 7.83. The second-order valence-corrected chi connectivity index (χ2v) is 6.35. The standard InChI is InChI=1S/C13H10ClN3OS2/c1-18-10-3-2-8-4-9(12(14)17-11(8)5-10)6-19-13-15-7-16-20-13/h2-5,7H,6H2,1H3. The van der Waals surface area contributed by atoms with E-state index >= 15 is 0 Å². The van der Waals surface area contributed by atoms with Crippen molar-refractivity contribution in [3.05, 3.63) is 41.3 Å². The maximum atomic E-state index is 6.24. The fourth-order valence-electron chi connectivity index (χ4n) is 1.76. The number of thioether (sulfide) groups is 1. The van der Waals surface area contributed by atoms with E-state index in [1.165, 1.54) is 11.5 Å². The van der Waals surface area contributed by atoms with Crippen LogP contribution < -0.4 is 4.74 Å². The normalized spacial score (nSPS) is 10.9. The fourth-order valence-corrected chi connectivity index (χ4v) is 3.47. The van der Waals surface area contributed by atoms with Crippen LogP contribution in [0.15, 0.2) is 34.9 Å². The number of benzene rings is 1. The van der Waals surface area contributed by atoms with Gasteiger partial charge in [0, 0.05) is 22.8 Å². The van der Waals surface area contributed by atoms with Crippen molar-refractivity contribution < 1.29 is 4.74 Å². The van der Waals surface area contributed by atoms with Gasteiger partial charge in [0.15, 0.2) is 4.34 Å². The zero-order valence-corrected chi connectivity index (χ0v) is 12.9. The molecule has 20 heavy (non-hydrogen) atoms. The number of hydrogen-bond donors (Lipinski definition) is 0. The van der Waals surface area contributed by atoms with Crippen molar-refractivity contribution in [2.45, 2.75) is 10.1 Å². The van der Waals surface area contributed by atoms with E-state index in [9.17, 15) is 0 Å². The van der Waals surface area contributed by atoms with Crippen LogP contribution >= 0.6 is 34.9 Å². The van der Waals surface area contributed by atoms with Gasteiger partial charge in [-0.1, -0.05) is 23.4 Å². The molecular weight excluding hydrogens is 314 g/mol. The van der Waals surface area contributed by atoms with Crippen LogP contribution in [-0.4, -0.2) is 21.5 Å². The van der Waals surface area contributed by atoms with Crippen molar-refractivity contribution in [1.29, 1.82) is 0 Å². The number of nitrogens with zero attached hydrogens (tertiary/aromatic N) is 3. The third-order valence-electron chi connectivity index (χ3n) is 2.74. The van der Waals surface area contributed by atoms with Crippen molar-refractivity contribution in [2.75, 3.05) is 7.11 Å². The van der Waals surface area contributed by atoms with Gasteiger partial charge >= 0.3 is 0 Å². The van der Waals surface area contributed by atoms with Crippen LogP contribution in [0.4, 0.5) is 0 Å². The molecule has 0 atom stereocenters. The highest BCUT2D eigenvalue weighted by Crippen LogP contribution is 2.29. The number of aromatic nitrogens is 3. The topological polar surface area (TPSA) is 47.9 Å². The summed E-state index contributed by atoms with van der Waals surface area (Å²) in [5, 5.41) is 1.56. The molecule has 0 unspecified atom stereocenters. The smallest absolute Gasteiger partial charge is 0.170 e. The molecule has 0 N–H and O–H groups in total. The molecule has 0 saturated heterocycles.